The van der Waals surface area contributed by atoms with Crippen molar-refractivity contribution in [2.45, 2.75) is 25.9 Å². The minimum absolute atomic E-state index is 0.185. The Morgan fingerprint density at radius 1 is 1.57 bits per heavy atom. The summed E-state index contributed by atoms with van der Waals surface area (Å²) in [5.41, 5.74) is 1.64. The number of fused-ring (bicyclic) bond motifs is 1. The molecule has 4 heteroatoms. The second-order valence-corrected chi connectivity index (χ2v) is 4.83. The summed E-state index contributed by atoms with van der Waals surface area (Å²) in [6.45, 7) is 2.63. The first-order chi connectivity index (χ1) is 6.59. The van der Waals surface area contributed by atoms with Gasteiger partial charge in [0.2, 0.25) is 0 Å². The zero-order valence-corrected chi connectivity index (χ0v) is 10.0. The van der Waals surface area contributed by atoms with Crippen LogP contribution in [0.15, 0.2) is 10.5 Å². The van der Waals surface area contributed by atoms with Crippen molar-refractivity contribution >= 4 is 27.5 Å². The molecule has 0 amide bonds. The van der Waals surface area contributed by atoms with Gasteiger partial charge >= 0.3 is 0 Å². The molecule has 1 aliphatic heterocycles. The Balaban J connectivity index is 2.57. The molecule has 0 aromatic heterocycles. The summed E-state index contributed by atoms with van der Waals surface area (Å²) in [4.78, 5) is 0. The summed E-state index contributed by atoms with van der Waals surface area (Å²) in [5, 5.41) is 3.86. The molecule has 1 atom stereocenters. The lowest BCUT2D eigenvalue weighted by atomic mass is 9.96. The second-order valence-electron chi connectivity index (χ2n) is 3.60. The molecular formula is C10H10BrClFN. The predicted octanol–water partition coefficient (Wildman–Crippen LogP) is 3.28. The van der Waals surface area contributed by atoms with E-state index in [1.807, 2.05) is 0 Å². The maximum absolute atomic E-state index is 13.5. The van der Waals surface area contributed by atoms with Crippen molar-refractivity contribution in [2.24, 2.45) is 0 Å². The fourth-order valence-electron chi connectivity index (χ4n) is 1.74. The largest absolute Gasteiger partial charge is 0.310 e. The van der Waals surface area contributed by atoms with Crippen LogP contribution in [0.1, 0.15) is 18.1 Å². The van der Waals surface area contributed by atoms with Gasteiger partial charge in [0.15, 0.2) is 0 Å². The smallest absolute Gasteiger partial charge is 0.129 e. The van der Waals surface area contributed by atoms with Gasteiger partial charge in [-0.15, -0.1) is 0 Å². The molecule has 1 heterocycles. The molecule has 1 aliphatic rings. The monoisotopic (exact) mass is 277 g/mol. The number of nitrogens with one attached hydrogen (secondary N) is 1. The van der Waals surface area contributed by atoms with Crippen LogP contribution >= 0.6 is 27.5 Å². The number of rotatable bonds is 0. The average Bonchev–Trinajstić information content (AvgIpc) is 2.14. The molecule has 0 bridgehead atoms. The highest BCUT2D eigenvalue weighted by molar-refractivity contribution is 9.10. The van der Waals surface area contributed by atoms with Crippen LogP contribution < -0.4 is 5.32 Å². The van der Waals surface area contributed by atoms with E-state index in [-0.39, 0.29) is 5.82 Å². The first-order valence-corrected chi connectivity index (χ1v) is 5.65. The van der Waals surface area contributed by atoms with Crippen LogP contribution in [0.2, 0.25) is 5.02 Å². The van der Waals surface area contributed by atoms with Gasteiger partial charge in [-0.3, -0.25) is 0 Å². The predicted molar refractivity (Wildman–Crippen MR) is 59.1 cm³/mol. The number of hydrogen-bond donors (Lipinski definition) is 1. The maximum Gasteiger partial charge on any atom is 0.129 e. The lowest BCUT2D eigenvalue weighted by Gasteiger charge is -2.24. The van der Waals surface area contributed by atoms with E-state index in [4.69, 9.17) is 11.6 Å². The van der Waals surface area contributed by atoms with Crippen LogP contribution in [0.4, 0.5) is 4.39 Å². The van der Waals surface area contributed by atoms with Crippen LogP contribution in [0.5, 0.6) is 0 Å². The van der Waals surface area contributed by atoms with E-state index in [2.05, 4.69) is 28.2 Å². The van der Waals surface area contributed by atoms with E-state index >= 15 is 0 Å². The summed E-state index contributed by atoms with van der Waals surface area (Å²) in [6, 6.07) is 1.78. The summed E-state index contributed by atoms with van der Waals surface area (Å²) >= 11 is 9.36. The van der Waals surface area contributed by atoms with E-state index in [9.17, 15) is 4.39 Å². The zero-order valence-electron chi connectivity index (χ0n) is 7.70. The molecule has 1 N–H and O–H groups in total. The normalized spacial score (nSPS) is 20.7. The third-order valence-corrected chi connectivity index (χ3v) is 3.80. The maximum atomic E-state index is 13.5. The van der Waals surface area contributed by atoms with Crippen LogP contribution in [0.3, 0.4) is 0 Å². The Bertz CT molecular complexity index is 381. The molecule has 0 saturated carbocycles. The van der Waals surface area contributed by atoms with Gasteiger partial charge in [-0.1, -0.05) is 11.6 Å². The van der Waals surface area contributed by atoms with Crippen molar-refractivity contribution < 1.29 is 4.39 Å². The SMILES string of the molecule is CC1Cc2c(Cl)c(Br)cc(F)c2CN1. The second kappa shape index (κ2) is 3.80. The molecule has 0 radical (unpaired) electrons. The Kier molecular flexibility index (Phi) is 2.82. The lowest BCUT2D eigenvalue weighted by Crippen LogP contribution is -2.33. The van der Waals surface area contributed by atoms with E-state index in [0.29, 0.717) is 27.6 Å². The van der Waals surface area contributed by atoms with Crippen molar-refractivity contribution in [1.82, 2.24) is 5.32 Å². The molecule has 1 aromatic carbocycles. The Labute approximate surface area is 95.8 Å². The lowest BCUT2D eigenvalue weighted by molar-refractivity contribution is 0.489. The van der Waals surface area contributed by atoms with E-state index in [0.717, 1.165) is 12.0 Å². The number of hydrogen-bond acceptors (Lipinski definition) is 1. The number of benzene rings is 1. The third kappa shape index (κ3) is 1.69. The summed E-state index contributed by atoms with van der Waals surface area (Å²) in [5.74, 6) is -0.185. The van der Waals surface area contributed by atoms with Gasteiger partial charge in [0, 0.05) is 22.6 Å². The zero-order chi connectivity index (χ0) is 10.3. The first-order valence-electron chi connectivity index (χ1n) is 4.48. The summed E-state index contributed by atoms with van der Waals surface area (Å²) < 4.78 is 14.2. The molecule has 76 valence electrons. The van der Waals surface area contributed by atoms with Crippen molar-refractivity contribution in [3.05, 3.63) is 32.5 Å². The molecule has 1 nitrogen and oxygen atoms in total. The molecular weight excluding hydrogens is 268 g/mol. The Morgan fingerprint density at radius 3 is 3.00 bits per heavy atom. The molecule has 2 rings (SSSR count). The third-order valence-electron chi connectivity index (χ3n) is 2.52. The molecule has 1 unspecified atom stereocenters. The van der Waals surface area contributed by atoms with Crippen LogP contribution in [-0.2, 0) is 13.0 Å². The van der Waals surface area contributed by atoms with E-state index in [1.54, 1.807) is 0 Å². The first kappa shape index (κ1) is 10.4. The van der Waals surface area contributed by atoms with Crippen molar-refractivity contribution in [1.29, 1.82) is 0 Å². The molecule has 1 aromatic rings. The van der Waals surface area contributed by atoms with Crippen molar-refractivity contribution in [3.63, 3.8) is 0 Å². The van der Waals surface area contributed by atoms with Crippen LogP contribution in [0.25, 0.3) is 0 Å². The number of halogens is 3. The van der Waals surface area contributed by atoms with E-state index < -0.39 is 0 Å². The Hall–Kier alpha value is -0.120. The molecule has 0 saturated heterocycles. The van der Waals surface area contributed by atoms with Gasteiger partial charge in [0.1, 0.15) is 5.82 Å². The van der Waals surface area contributed by atoms with Crippen LogP contribution in [0, 0.1) is 5.82 Å². The Morgan fingerprint density at radius 2 is 2.29 bits per heavy atom. The van der Waals surface area contributed by atoms with Gasteiger partial charge in [0.25, 0.3) is 0 Å². The molecule has 14 heavy (non-hydrogen) atoms. The topological polar surface area (TPSA) is 12.0 Å². The van der Waals surface area contributed by atoms with Crippen LogP contribution in [-0.4, -0.2) is 6.04 Å². The summed E-state index contributed by atoms with van der Waals surface area (Å²) in [6.07, 6.45) is 0.782. The summed E-state index contributed by atoms with van der Waals surface area (Å²) in [7, 11) is 0. The van der Waals surface area contributed by atoms with E-state index in [1.165, 1.54) is 6.07 Å². The molecule has 0 aliphatic carbocycles. The fourth-order valence-corrected chi connectivity index (χ4v) is 2.43. The highest BCUT2D eigenvalue weighted by Crippen LogP contribution is 2.33. The highest BCUT2D eigenvalue weighted by atomic mass is 79.9. The molecule has 0 fully saturated rings. The fraction of sp³-hybridized carbons (Fsp3) is 0.400. The highest BCUT2D eigenvalue weighted by Gasteiger charge is 2.21. The van der Waals surface area contributed by atoms with Gasteiger partial charge in [0.05, 0.1) is 5.02 Å². The average molecular weight is 279 g/mol. The van der Waals surface area contributed by atoms with Gasteiger partial charge < -0.3 is 5.32 Å². The minimum atomic E-state index is -0.185. The van der Waals surface area contributed by atoms with Crippen molar-refractivity contribution in [2.75, 3.05) is 0 Å². The minimum Gasteiger partial charge on any atom is -0.310 e. The van der Waals surface area contributed by atoms with Gasteiger partial charge in [-0.05, 0) is 40.9 Å². The quantitative estimate of drug-likeness (QED) is 0.718. The standard InChI is InChI=1S/C10H10BrClFN/c1-5-2-6-7(4-14-5)9(13)3-8(11)10(6)12/h3,5,14H,2,4H2,1H3. The molecule has 0 spiro atoms. The van der Waals surface area contributed by atoms with Crippen molar-refractivity contribution in [3.8, 4) is 0 Å². The van der Waals surface area contributed by atoms with Gasteiger partial charge in [-0.25, -0.2) is 4.39 Å². The van der Waals surface area contributed by atoms with Gasteiger partial charge in [-0.2, -0.15) is 0 Å².